The second-order valence-corrected chi connectivity index (χ2v) is 6.59. The molecule has 1 rings (SSSR count). The highest BCUT2D eigenvalue weighted by molar-refractivity contribution is 5.84. The number of aliphatic hydroxyl groups excluding tert-OH is 1. The van der Waals surface area contributed by atoms with Gasteiger partial charge in [-0.3, -0.25) is 4.79 Å². The maximum absolute atomic E-state index is 12.7. The summed E-state index contributed by atoms with van der Waals surface area (Å²) in [7, 11) is 0. The Morgan fingerprint density at radius 1 is 1.38 bits per heavy atom. The number of allylic oxidation sites excluding steroid dienone is 1. The van der Waals surface area contributed by atoms with E-state index in [9.17, 15) is 4.79 Å². The molecule has 0 aliphatic carbocycles. The van der Waals surface area contributed by atoms with E-state index in [0.29, 0.717) is 6.42 Å². The van der Waals surface area contributed by atoms with Crippen molar-refractivity contribution in [2.75, 3.05) is 6.54 Å². The Balaban J connectivity index is 2.50. The van der Waals surface area contributed by atoms with Gasteiger partial charge in [-0.15, -0.1) is 0 Å². The molecule has 1 saturated heterocycles. The number of hydrogen-bond acceptors (Lipinski definition) is 3. The molecule has 0 aromatic rings. The fraction of sp³-hybridized carbons (Fsp3) is 0.824. The average Bonchev–Trinajstić information content (AvgIpc) is 2.74. The lowest BCUT2D eigenvalue weighted by Gasteiger charge is -2.32. The summed E-state index contributed by atoms with van der Waals surface area (Å²) in [6.45, 7) is 11.4. The molecule has 1 heterocycles. The lowest BCUT2D eigenvalue weighted by molar-refractivity contribution is -0.133. The Kier molecular flexibility index (Phi) is 6.88. The minimum absolute atomic E-state index is 0.0818. The summed E-state index contributed by atoms with van der Waals surface area (Å²) < 4.78 is 0. The maximum atomic E-state index is 12.7. The van der Waals surface area contributed by atoms with E-state index in [1.54, 1.807) is 0 Å². The number of amides is 1. The molecule has 0 aromatic carbocycles. The monoisotopic (exact) mass is 296 g/mol. The minimum Gasteiger partial charge on any atom is -0.379 e. The van der Waals surface area contributed by atoms with Crippen LogP contribution in [0.3, 0.4) is 0 Å². The van der Waals surface area contributed by atoms with Crippen LogP contribution >= 0.6 is 0 Å². The lowest BCUT2D eigenvalue weighted by atomic mass is 9.72. The van der Waals surface area contributed by atoms with Crippen molar-refractivity contribution in [3.05, 3.63) is 12.3 Å². The number of rotatable bonds is 9. The van der Waals surface area contributed by atoms with Gasteiger partial charge in [0, 0.05) is 18.2 Å². The number of nitrogens with two attached hydrogens (primary N) is 1. The van der Waals surface area contributed by atoms with Gasteiger partial charge in [-0.05, 0) is 43.9 Å². The van der Waals surface area contributed by atoms with E-state index in [0.717, 1.165) is 50.8 Å². The first kappa shape index (κ1) is 18.2. The molecule has 21 heavy (non-hydrogen) atoms. The molecule has 0 radical (unpaired) electrons. The molecule has 2 atom stereocenters. The summed E-state index contributed by atoms with van der Waals surface area (Å²) in [6, 6.07) is 0. The molecule has 0 spiro atoms. The number of aliphatic hydroxyl groups is 1. The first-order valence-electron chi connectivity index (χ1n) is 8.28. The van der Waals surface area contributed by atoms with Crippen LogP contribution in [-0.4, -0.2) is 28.7 Å². The minimum atomic E-state index is -0.715. The average molecular weight is 296 g/mol. The fourth-order valence-electron chi connectivity index (χ4n) is 3.13. The van der Waals surface area contributed by atoms with Crippen LogP contribution in [0.1, 0.15) is 65.7 Å². The number of carbonyl (C=O) groups excluding carboxylic acids is 1. The number of hydrogen-bond donors (Lipinski definition) is 2. The second kappa shape index (κ2) is 7.95. The molecule has 4 heteroatoms. The smallest absolute Gasteiger partial charge is 0.230 e. The van der Waals surface area contributed by atoms with Crippen LogP contribution in [0.5, 0.6) is 0 Å². The van der Waals surface area contributed by atoms with Crippen molar-refractivity contribution in [2.24, 2.45) is 17.1 Å². The van der Waals surface area contributed by atoms with Crippen LogP contribution in [0.15, 0.2) is 12.3 Å². The number of unbranched alkanes of at least 4 members (excludes halogenated alkanes) is 2. The molecule has 2 unspecified atom stereocenters. The Morgan fingerprint density at radius 3 is 2.52 bits per heavy atom. The van der Waals surface area contributed by atoms with Gasteiger partial charge >= 0.3 is 0 Å². The van der Waals surface area contributed by atoms with Gasteiger partial charge in [0.2, 0.25) is 5.91 Å². The van der Waals surface area contributed by atoms with Crippen molar-refractivity contribution in [3.8, 4) is 0 Å². The van der Waals surface area contributed by atoms with Gasteiger partial charge in [0.05, 0.1) is 0 Å². The summed E-state index contributed by atoms with van der Waals surface area (Å²) in [5, 5.41) is 9.03. The van der Waals surface area contributed by atoms with Crippen LogP contribution in [-0.2, 0) is 4.79 Å². The van der Waals surface area contributed by atoms with Gasteiger partial charge in [-0.1, -0.05) is 33.8 Å². The standard InChI is InChI=1S/C17H32N2O2/c1-5-17(4,6-2)14-12-13(3)19(16(14)21)11-9-7-8-10-15(18)20/h14-15,20H,3,5-12,18H2,1-2,4H3. The summed E-state index contributed by atoms with van der Waals surface area (Å²) in [5.41, 5.74) is 6.37. The van der Waals surface area contributed by atoms with Crippen molar-refractivity contribution in [3.63, 3.8) is 0 Å². The predicted octanol–water partition coefficient (Wildman–Crippen LogP) is 3.01. The molecule has 4 nitrogen and oxygen atoms in total. The zero-order chi connectivity index (χ0) is 16.0. The Morgan fingerprint density at radius 2 is 2.00 bits per heavy atom. The number of carbonyl (C=O) groups is 1. The predicted molar refractivity (Wildman–Crippen MR) is 86.3 cm³/mol. The first-order valence-corrected chi connectivity index (χ1v) is 8.28. The largest absolute Gasteiger partial charge is 0.379 e. The molecule has 122 valence electrons. The summed E-state index contributed by atoms with van der Waals surface area (Å²) in [6.07, 6.45) is 5.59. The summed E-state index contributed by atoms with van der Waals surface area (Å²) in [4.78, 5) is 14.5. The molecule has 1 aliphatic rings. The van der Waals surface area contributed by atoms with Crippen LogP contribution in [0.4, 0.5) is 0 Å². The Hall–Kier alpha value is -0.870. The van der Waals surface area contributed by atoms with Crippen molar-refractivity contribution in [1.29, 1.82) is 0 Å². The van der Waals surface area contributed by atoms with E-state index < -0.39 is 6.23 Å². The quantitative estimate of drug-likeness (QED) is 0.508. The highest BCUT2D eigenvalue weighted by Crippen LogP contribution is 2.43. The number of likely N-dealkylation sites (tertiary alicyclic amines) is 1. The van der Waals surface area contributed by atoms with Gasteiger partial charge in [-0.2, -0.15) is 0 Å². The van der Waals surface area contributed by atoms with Gasteiger partial charge in [-0.25, -0.2) is 0 Å². The highest BCUT2D eigenvalue weighted by atomic mass is 16.3. The van der Waals surface area contributed by atoms with E-state index in [2.05, 4.69) is 27.4 Å². The van der Waals surface area contributed by atoms with E-state index >= 15 is 0 Å². The van der Waals surface area contributed by atoms with Crippen LogP contribution < -0.4 is 5.73 Å². The number of nitrogens with zero attached hydrogens (tertiary/aromatic N) is 1. The molecule has 3 N–H and O–H groups in total. The van der Waals surface area contributed by atoms with Crippen LogP contribution in [0.25, 0.3) is 0 Å². The molecule has 0 saturated carbocycles. The Bertz CT molecular complexity index is 362. The van der Waals surface area contributed by atoms with Crippen LogP contribution in [0, 0.1) is 11.3 Å². The molecular formula is C17H32N2O2. The van der Waals surface area contributed by atoms with Crippen molar-refractivity contribution in [2.45, 2.75) is 71.9 Å². The lowest BCUT2D eigenvalue weighted by Crippen LogP contribution is -2.35. The fourth-order valence-corrected chi connectivity index (χ4v) is 3.13. The van der Waals surface area contributed by atoms with Crippen molar-refractivity contribution < 1.29 is 9.90 Å². The first-order chi connectivity index (χ1) is 9.85. The molecular weight excluding hydrogens is 264 g/mol. The van der Waals surface area contributed by atoms with E-state index in [4.69, 9.17) is 10.8 Å². The van der Waals surface area contributed by atoms with Gasteiger partial charge in [0.15, 0.2) is 0 Å². The third-order valence-electron chi connectivity index (χ3n) is 5.22. The third-order valence-corrected chi connectivity index (χ3v) is 5.22. The molecule has 0 aromatic heterocycles. The highest BCUT2D eigenvalue weighted by Gasteiger charge is 2.44. The summed E-state index contributed by atoms with van der Waals surface area (Å²) >= 11 is 0. The molecule has 1 amide bonds. The normalized spacial score (nSPS) is 21.2. The second-order valence-electron chi connectivity index (χ2n) is 6.59. The zero-order valence-electron chi connectivity index (χ0n) is 13.9. The molecule has 0 bridgehead atoms. The zero-order valence-corrected chi connectivity index (χ0v) is 13.9. The van der Waals surface area contributed by atoms with Crippen molar-refractivity contribution in [1.82, 2.24) is 4.90 Å². The SMILES string of the molecule is C=C1CC(C(C)(CC)CC)C(=O)N1CCCCCC(N)O. The van der Waals surface area contributed by atoms with E-state index in [-0.39, 0.29) is 17.2 Å². The topological polar surface area (TPSA) is 66.6 Å². The van der Waals surface area contributed by atoms with Crippen molar-refractivity contribution >= 4 is 5.91 Å². The molecule has 1 aliphatic heterocycles. The van der Waals surface area contributed by atoms with Crippen LogP contribution in [0.2, 0.25) is 0 Å². The van der Waals surface area contributed by atoms with E-state index in [1.807, 2.05) is 4.90 Å². The van der Waals surface area contributed by atoms with E-state index in [1.165, 1.54) is 0 Å². The molecule has 1 fully saturated rings. The van der Waals surface area contributed by atoms with Gasteiger partial charge in [0.1, 0.15) is 6.23 Å². The van der Waals surface area contributed by atoms with Gasteiger partial charge < -0.3 is 15.7 Å². The Labute approximate surface area is 129 Å². The van der Waals surface area contributed by atoms with Gasteiger partial charge in [0.25, 0.3) is 0 Å². The third kappa shape index (κ3) is 4.55. The summed E-state index contributed by atoms with van der Waals surface area (Å²) in [5.74, 6) is 0.343. The maximum Gasteiger partial charge on any atom is 0.230 e.